The van der Waals surface area contributed by atoms with Gasteiger partial charge in [-0.1, -0.05) is 19.9 Å². The number of nitrogens with one attached hydrogen (secondary N) is 1. The fourth-order valence-electron chi connectivity index (χ4n) is 1.94. The van der Waals surface area contributed by atoms with E-state index in [0.29, 0.717) is 19.5 Å². The summed E-state index contributed by atoms with van der Waals surface area (Å²) < 4.78 is 0. The molecule has 0 fully saturated rings. The minimum atomic E-state index is 0.0788. The fraction of sp³-hybridized carbons (Fsp3) is 0.600. The lowest BCUT2D eigenvalue weighted by molar-refractivity contribution is -0.121. The fourth-order valence-corrected chi connectivity index (χ4v) is 1.94. The molecule has 0 atom stereocenters. The highest BCUT2D eigenvalue weighted by Crippen LogP contribution is 2.25. The number of carbonyl (C=O) groups excluding carboxylic acids is 1. The molecule has 19 heavy (non-hydrogen) atoms. The van der Waals surface area contributed by atoms with Crippen molar-refractivity contribution in [1.82, 2.24) is 10.3 Å². The second kappa shape index (κ2) is 7.24. The van der Waals surface area contributed by atoms with Crippen LogP contribution in [0.3, 0.4) is 0 Å². The van der Waals surface area contributed by atoms with Gasteiger partial charge in [0.25, 0.3) is 0 Å². The molecule has 0 aliphatic heterocycles. The number of rotatable bonds is 7. The number of nitrogens with two attached hydrogens (primary N) is 1. The molecule has 0 aromatic carbocycles. The zero-order valence-corrected chi connectivity index (χ0v) is 12.2. The Bertz CT molecular complexity index is 416. The van der Waals surface area contributed by atoms with E-state index in [2.05, 4.69) is 24.1 Å². The first kappa shape index (κ1) is 15.6. The molecule has 4 heteroatoms. The Balaban J connectivity index is 2.35. The normalized spacial score (nSPS) is 11.4. The lowest BCUT2D eigenvalue weighted by atomic mass is 9.84. The molecular formula is C15H25N3O. The number of aryl methyl sites for hydroxylation is 1. The number of carbonyl (C=O) groups is 1. The van der Waals surface area contributed by atoms with Crippen LogP contribution in [0.1, 0.15) is 44.4 Å². The van der Waals surface area contributed by atoms with Crippen molar-refractivity contribution in [3.8, 4) is 0 Å². The van der Waals surface area contributed by atoms with Gasteiger partial charge in [-0.3, -0.25) is 9.78 Å². The minimum Gasteiger partial charge on any atom is -0.350 e. The first-order chi connectivity index (χ1) is 8.94. The molecule has 0 bridgehead atoms. The van der Waals surface area contributed by atoms with E-state index in [4.69, 9.17) is 5.73 Å². The van der Waals surface area contributed by atoms with Crippen LogP contribution in [-0.4, -0.2) is 17.4 Å². The molecule has 0 aliphatic carbocycles. The second-order valence-electron chi connectivity index (χ2n) is 5.75. The molecular weight excluding hydrogens is 238 g/mol. The third-order valence-corrected chi connectivity index (χ3v) is 3.42. The van der Waals surface area contributed by atoms with E-state index in [1.165, 1.54) is 0 Å². The van der Waals surface area contributed by atoms with Crippen LogP contribution in [-0.2, 0) is 11.3 Å². The Morgan fingerprint density at radius 2 is 2.16 bits per heavy atom. The number of nitrogens with zero attached hydrogens (tertiary/aromatic N) is 1. The SMILES string of the molecule is Cc1cccnc1CNC(=O)CCC(C)(C)CCN. The van der Waals surface area contributed by atoms with E-state index in [1.807, 2.05) is 19.1 Å². The van der Waals surface area contributed by atoms with E-state index in [-0.39, 0.29) is 11.3 Å². The van der Waals surface area contributed by atoms with Gasteiger partial charge < -0.3 is 11.1 Å². The predicted molar refractivity (Wildman–Crippen MR) is 77.5 cm³/mol. The Labute approximate surface area is 115 Å². The van der Waals surface area contributed by atoms with Crippen LogP contribution in [0.5, 0.6) is 0 Å². The highest BCUT2D eigenvalue weighted by Gasteiger charge is 2.18. The maximum Gasteiger partial charge on any atom is 0.220 e. The predicted octanol–water partition coefficient (Wildman–Crippen LogP) is 2.16. The van der Waals surface area contributed by atoms with Crippen molar-refractivity contribution in [1.29, 1.82) is 0 Å². The third kappa shape index (κ3) is 5.83. The molecule has 0 saturated carbocycles. The summed E-state index contributed by atoms with van der Waals surface area (Å²) in [4.78, 5) is 16.1. The smallest absolute Gasteiger partial charge is 0.220 e. The van der Waals surface area contributed by atoms with Crippen LogP contribution in [0, 0.1) is 12.3 Å². The van der Waals surface area contributed by atoms with Crippen LogP contribution in [0.15, 0.2) is 18.3 Å². The van der Waals surface area contributed by atoms with Crippen molar-refractivity contribution >= 4 is 5.91 Å². The van der Waals surface area contributed by atoms with Gasteiger partial charge in [0.05, 0.1) is 12.2 Å². The Morgan fingerprint density at radius 1 is 1.42 bits per heavy atom. The summed E-state index contributed by atoms with van der Waals surface area (Å²) in [5.74, 6) is 0.0788. The summed E-state index contributed by atoms with van der Waals surface area (Å²) in [7, 11) is 0. The zero-order valence-electron chi connectivity index (χ0n) is 12.2. The minimum absolute atomic E-state index is 0.0788. The molecule has 1 heterocycles. The van der Waals surface area contributed by atoms with Gasteiger partial charge in [0.1, 0.15) is 0 Å². The summed E-state index contributed by atoms with van der Waals surface area (Å²) in [6, 6.07) is 3.90. The third-order valence-electron chi connectivity index (χ3n) is 3.42. The van der Waals surface area contributed by atoms with E-state index in [1.54, 1.807) is 6.20 Å². The number of aromatic nitrogens is 1. The van der Waals surface area contributed by atoms with Crippen molar-refractivity contribution < 1.29 is 4.79 Å². The molecule has 1 aromatic heterocycles. The van der Waals surface area contributed by atoms with Crippen molar-refractivity contribution in [2.45, 2.75) is 46.6 Å². The standard InChI is InChI=1S/C15H25N3O/c1-12-5-4-10-17-13(12)11-18-14(19)6-7-15(2,3)8-9-16/h4-5,10H,6-9,11,16H2,1-3H3,(H,18,19). The maximum absolute atomic E-state index is 11.8. The van der Waals surface area contributed by atoms with Crippen molar-refractivity contribution in [3.63, 3.8) is 0 Å². The van der Waals surface area contributed by atoms with E-state index < -0.39 is 0 Å². The van der Waals surface area contributed by atoms with Gasteiger partial charge in [-0.25, -0.2) is 0 Å². The highest BCUT2D eigenvalue weighted by molar-refractivity contribution is 5.75. The molecule has 1 aromatic rings. The topological polar surface area (TPSA) is 68.0 Å². The summed E-state index contributed by atoms with van der Waals surface area (Å²) in [6.07, 6.45) is 4.09. The average molecular weight is 263 g/mol. The molecule has 0 unspecified atom stereocenters. The Morgan fingerprint density at radius 3 is 2.79 bits per heavy atom. The van der Waals surface area contributed by atoms with Crippen molar-refractivity contribution in [3.05, 3.63) is 29.6 Å². The van der Waals surface area contributed by atoms with Crippen molar-refractivity contribution in [2.75, 3.05) is 6.54 Å². The van der Waals surface area contributed by atoms with Gasteiger partial charge in [0, 0.05) is 12.6 Å². The Hall–Kier alpha value is -1.42. The van der Waals surface area contributed by atoms with Gasteiger partial charge in [0.15, 0.2) is 0 Å². The molecule has 1 amide bonds. The largest absolute Gasteiger partial charge is 0.350 e. The zero-order chi connectivity index (χ0) is 14.3. The second-order valence-corrected chi connectivity index (χ2v) is 5.75. The number of hydrogen-bond donors (Lipinski definition) is 2. The Kier molecular flexibility index (Phi) is 5.96. The van der Waals surface area contributed by atoms with Gasteiger partial charge in [-0.05, 0) is 43.4 Å². The average Bonchev–Trinajstić information content (AvgIpc) is 2.35. The molecule has 0 aliphatic rings. The number of pyridine rings is 1. The molecule has 0 radical (unpaired) electrons. The summed E-state index contributed by atoms with van der Waals surface area (Å²) in [6.45, 7) is 7.47. The monoisotopic (exact) mass is 263 g/mol. The van der Waals surface area contributed by atoms with Crippen molar-refractivity contribution in [2.24, 2.45) is 11.1 Å². The molecule has 3 N–H and O–H groups in total. The first-order valence-corrected chi connectivity index (χ1v) is 6.82. The van der Waals surface area contributed by atoms with Gasteiger partial charge in [0.2, 0.25) is 5.91 Å². The van der Waals surface area contributed by atoms with Gasteiger partial charge in [-0.2, -0.15) is 0 Å². The van der Waals surface area contributed by atoms with E-state index in [0.717, 1.165) is 24.1 Å². The summed E-state index contributed by atoms with van der Waals surface area (Å²) in [5.41, 5.74) is 7.73. The molecule has 0 saturated heterocycles. The van der Waals surface area contributed by atoms with Crippen LogP contribution < -0.4 is 11.1 Å². The maximum atomic E-state index is 11.8. The van der Waals surface area contributed by atoms with Crippen LogP contribution in [0.4, 0.5) is 0 Å². The molecule has 106 valence electrons. The number of amides is 1. The number of hydrogen-bond acceptors (Lipinski definition) is 3. The van der Waals surface area contributed by atoms with E-state index >= 15 is 0 Å². The molecule has 0 spiro atoms. The van der Waals surface area contributed by atoms with Crippen LogP contribution in [0.2, 0.25) is 0 Å². The lowest BCUT2D eigenvalue weighted by Crippen LogP contribution is -2.26. The molecule has 1 rings (SSSR count). The summed E-state index contributed by atoms with van der Waals surface area (Å²) >= 11 is 0. The van der Waals surface area contributed by atoms with Crippen LogP contribution in [0.25, 0.3) is 0 Å². The summed E-state index contributed by atoms with van der Waals surface area (Å²) in [5, 5.41) is 2.92. The van der Waals surface area contributed by atoms with E-state index in [9.17, 15) is 4.79 Å². The lowest BCUT2D eigenvalue weighted by Gasteiger charge is -2.23. The highest BCUT2D eigenvalue weighted by atomic mass is 16.1. The van der Waals surface area contributed by atoms with Gasteiger partial charge >= 0.3 is 0 Å². The first-order valence-electron chi connectivity index (χ1n) is 6.82. The van der Waals surface area contributed by atoms with Crippen LogP contribution >= 0.6 is 0 Å². The molecule has 4 nitrogen and oxygen atoms in total. The van der Waals surface area contributed by atoms with Gasteiger partial charge in [-0.15, -0.1) is 0 Å². The quantitative estimate of drug-likeness (QED) is 0.792.